The fraction of sp³-hybridized carbons (Fsp3) is 0.500. The van der Waals surface area contributed by atoms with Crippen LogP contribution < -0.4 is 10.1 Å². The van der Waals surface area contributed by atoms with E-state index in [2.05, 4.69) is 10.1 Å². The van der Waals surface area contributed by atoms with Crippen LogP contribution in [-0.4, -0.2) is 63.4 Å². The average Bonchev–Trinajstić information content (AvgIpc) is 2.64. The second-order valence-electron chi connectivity index (χ2n) is 6.42. The van der Waals surface area contributed by atoms with Gasteiger partial charge >= 0.3 is 6.61 Å². The van der Waals surface area contributed by atoms with Gasteiger partial charge in [0.15, 0.2) is 9.84 Å². The van der Waals surface area contributed by atoms with Gasteiger partial charge in [-0.1, -0.05) is 25.1 Å². The van der Waals surface area contributed by atoms with Crippen LogP contribution >= 0.6 is 0 Å². The molecule has 0 saturated carbocycles. The molecule has 1 aromatic carbocycles. The number of ether oxygens (including phenoxy) is 1. The van der Waals surface area contributed by atoms with Crippen molar-refractivity contribution >= 4 is 27.4 Å². The van der Waals surface area contributed by atoms with E-state index in [0.29, 0.717) is 0 Å². The van der Waals surface area contributed by atoms with Crippen LogP contribution in [0.5, 0.6) is 5.75 Å². The molecule has 1 atom stereocenters. The summed E-state index contributed by atoms with van der Waals surface area (Å²) in [6.07, 6.45) is -0.282. The normalized spacial score (nSPS) is 12.3. The summed E-state index contributed by atoms with van der Waals surface area (Å²) in [5.41, 5.74) is 0.0476. The van der Waals surface area contributed by atoms with E-state index in [9.17, 15) is 31.6 Å². The minimum Gasteiger partial charge on any atom is -0.435 e. The maximum absolute atomic E-state index is 12.4. The zero-order chi connectivity index (χ0) is 22.2. The molecule has 0 heterocycles. The molecule has 8 nitrogen and oxygen atoms in total. The van der Waals surface area contributed by atoms with E-state index in [1.165, 1.54) is 38.4 Å². The Bertz CT molecular complexity index is 843. The number of likely N-dealkylation sites (N-methyl/N-ethyl adjacent to an activating group) is 1. The zero-order valence-electron chi connectivity index (χ0n) is 16.4. The van der Waals surface area contributed by atoms with Crippen molar-refractivity contribution in [1.29, 1.82) is 0 Å². The van der Waals surface area contributed by atoms with E-state index < -0.39 is 58.0 Å². The minimum absolute atomic E-state index is 0.0476. The van der Waals surface area contributed by atoms with Crippen LogP contribution in [0.25, 0.3) is 0 Å². The van der Waals surface area contributed by atoms with Gasteiger partial charge in [-0.05, 0) is 12.5 Å². The van der Waals surface area contributed by atoms with Gasteiger partial charge in [-0.2, -0.15) is 8.78 Å². The predicted octanol–water partition coefficient (Wildman–Crippen LogP) is 1.14. The van der Waals surface area contributed by atoms with Crippen molar-refractivity contribution in [2.75, 3.05) is 19.8 Å². The summed E-state index contributed by atoms with van der Waals surface area (Å²) in [4.78, 5) is 36.9. The molecule has 0 spiro atoms. The number of alkyl halides is 2. The first-order valence-corrected chi connectivity index (χ1v) is 10.6. The summed E-state index contributed by atoms with van der Waals surface area (Å²) in [5.74, 6) is -3.69. The van der Waals surface area contributed by atoms with E-state index in [1.807, 2.05) is 0 Å². The maximum atomic E-state index is 12.4. The first-order chi connectivity index (χ1) is 13.5. The average molecular weight is 434 g/mol. The summed E-state index contributed by atoms with van der Waals surface area (Å²) in [6.45, 7) is -1.50. The fourth-order valence-electron chi connectivity index (χ4n) is 2.38. The van der Waals surface area contributed by atoms with Crippen LogP contribution in [0.15, 0.2) is 24.3 Å². The number of nitrogens with zero attached hydrogens (tertiary/aromatic N) is 1. The van der Waals surface area contributed by atoms with E-state index in [1.54, 1.807) is 6.92 Å². The van der Waals surface area contributed by atoms with Gasteiger partial charge in [0, 0.05) is 26.1 Å². The lowest BCUT2D eigenvalue weighted by atomic mass is 10.1. The highest BCUT2D eigenvalue weighted by Gasteiger charge is 2.27. The summed E-state index contributed by atoms with van der Waals surface area (Å²) < 4.78 is 53.7. The number of hydrogen-bond acceptors (Lipinski definition) is 6. The van der Waals surface area contributed by atoms with Gasteiger partial charge < -0.3 is 15.0 Å². The first kappa shape index (κ1) is 24.5. The van der Waals surface area contributed by atoms with Crippen molar-refractivity contribution < 1.29 is 36.3 Å². The van der Waals surface area contributed by atoms with Gasteiger partial charge in [0.2, 0.25) is 11.7 Å². The summed E-state index contributed by atoms with van der Waals surface area (Å²) in [5, 5.41) is 2.35. The zero-order valence-corrected chi connectivity index (χ0v) is 17.2. The van der Waals surface area contributed by atoms with Crippen molar-refractivity contribution in [3.63, 3.8) is 0 Å². The molecule has 0 saturated heterocycles. The van der Waals surface area contributed by atoms with Gasteiger partial charge in [0.25, 0.3) is 5.91 Å². The summed E-state index contributed by atoms with van der Waals surface area (Å²) in [7, 11) is -1.03. The molecule has 29 heavy (non-hydrogen) atoms. The van der Waals surface area contributed by atoms with Crippen molar-refractivity contribution in [3.8, 4) is 5.75 Å². The predicted molar refractivity (Wildman–Crippen MR) is 101 cm³/mol. The largest absolute Gasteiger partial charge is 0.435 e. The van der Waals surface area contributed by atoms with Crippen LogP contribution in [0.1, 0.15) is 25.3 Å². The number of amides is 2. The third-order valence-corrected chi connectivity index (χ3v) is 5.46. The Kier molecular flexibility index (Phi) is 9.15. The second kappa shape index (κ2) is 10.8. The Morgan fingerprint density at radius 3 is 2.34 bits per heavy atom. The molecule has 0 aliphatic rings. The van der Waals surface area contributed by atoms with E-state index in [4.69, 9.17) is 0 Å². The Balaban J connectivity index is 2.71. The number of carbonyl (C=O) groups excluding carboxylic acids is 3. The monoisotopic (exact) mass is 434 g/mol. The lowest BCUT2D eigenvalue weighted by Crippen LogP contribution is -2.47. The molecule has 1 rings (SSSR count). The highest BCUT2D eigenvalue weighted by Crippen LogP contribution is 2.22. The molecule has 2 amide bonds. The SMILES string of the molecule is CCC(NC(=O)CCS(=O)(=O)Cc1ccccc1OC(F)F)C(=O)C(=O)N(C)C. The molecule has 0 aliphatic heterocycles. The number of halogens is 2. The van der Waals surface area contributed by atoms with E-state index in [-0.39, 0.29) is 17.7 Å². The molecule has 0 fully saturated rings. The number of rotatable bonds is 11. The third-order valence-electron chi connectivity index (χ3n) is 3.88. The van der Waals surface area contributed by atoms with Gasteiger partial charge in [0.1, 0.15) is 5.75 Å². The second-order valence-corrected chi connectivity index (χ2v) is 8.60. The quantitative estimate of drug-likeness (QED) is 0.523. The van der Waals surface area contributed by atoms with Crippen LogP contribution in [-0.2, 0) is 30.0 Å². The number of ketones is 1. The van der Waals surface area contributed by atoms with Crippen molar-refractivity contribution in [2.45, 2.75) is 38.2 Å². The molecule has 162 valence electrons. The maximum Gasteiger partial charge on any atom is 0.387 e. The standard InChI is InChI=1S/C18H24F2N2O6S/c1-4-13(16(24)17(25)22(2)3)21-15(23)9-10-29(26,27)11-12-7-5-6-8-14(12)28-18(19)20/h5-8,13,18H,4,9-11H2,1-3H3,(H,21,23). The Morgan fingerprint density at radius 1 is 1.17 bits per heavy atom. The molecular formula is C18H24F2N2O6S. The fourth-order valence-corrected chi connectivity index (χ4v) is 3.73. The molecular weight excluding hydrogens is 410 g/mol. The van der Waals surface area contributed by atoms with Crippen LogP contribution in [0, 0.1) is 0 Å². The molecule has 1 unspecified atom stereocenters. The Hall–Kier alpha value is -2.56. The molecule has 0 aromatic heterocycles. The number of Topliss-reactive ketones (excluding diaryl/α,β-unsaturated/α-hetero) is 1. The Labute approximate surface area is 168 Å². The molecule has 0 aliphatic carbocycles. The molecule has 1 N–H and O–H groups in total. The van der Waals surface area contributed by atoms with Gasteiger partial charge in [0.05, 0.1) is 17.5 Å². The van der Waals surface area contributed by atoms with Crippen molar-refractivity contribution in [3.05, 3.63) is 29.8 Å². The Morgan fingerprint density at radius 2 is 1.79 bits per heavy atom. The van der Waals surface area contributed by atoms with Crippen molar-refractivity contribution in [1.82, 2.24) is 10.2 Å². The summed E-state index contributed by atoms with van der Waals surface area (Å²) in [6, 6.07) is 4.42. The van der Waals surface area contributed by atoms with Gasteiger partial charge in [-0.3, -0.25) is 14.4 Å². The van der Waals surface area contributed by atoms with E-state index in [0.717, 1.165) is 4.90 Å². The molecule has 11 heteroatoms. The lowest BCUT2D eigenvalue weighted by Gasteiger charge is -2.17. The van der Waals surface area contributed by atoms with Crippen LogP contribution in [0.2, 0.25) is 0 Å². The van der Waals surface area contributed by atoms with Gasteiger partial charge in [-0.25, -0.2) is 8.42 Å². The molecule has 1 aromatic rings. The first-order valence-electron chi connectivity index (χ1n) is 8.74. The van der Waals surface area contributed by atoms with Crippen molar-refractivity contribution in [2.24, 2.45) is 0 Å². The lowest BCUT2D eigenvalue weighted by molar-refractivity contribution is -0.144. The number of hydrogen-bond donors (Lipinski definition) is 1. The van der Waals surface area contributed by atoms with Crippen LogP contribution in [0.3, 0.4) is 0 Å². The third kappa shape index (κ3) is 8.14. The minimum atomic E-state index is -3.83. The number of sulfone groups is 1. The summed E-state index contributed by atoms with van der Waals surface area (Å²) >= 11 is 0. The van der Waals surface area contributed by atoms with E-state index >= 15 is 0 Å². The highest BCUT2D eigenvalue weighted by molar-refractivity contribution is 7.90. The van der Waals surface area contributed by atoms with Crippen LogP contribution in [0.4, 0.5) is 8.78 Å². The molecule has 0 radical (unpaired) electrons. The molecule has 0 bridgehead atoms. The number of nitrogens with one attached hydrogen (secondary N) is 1. The topological polar surface area (TPSA) is 110 Å². The number of carbonyl (C=O) groups is 3. The number of para-hydroxylation sites is 1. The number of benzene rings is 1. The smallest absolute Gasteiger partial charge is 0.387 e. The highest BCUT2D eigenvalue weighted by atomic mass is 32.2. The van der Waals surface area contributed by atoms with Gasteiger partial charge in [-0.15, -0.1) is 0 Å².